The van der Waals surface area contributed by atoms with Crippen LogP contribution in [0.4, 0.5) is 0 Å². The van der Waals surface area contributed by atoms with E-state index < -0.39 is 0 Å². The van der Waals surface area contributed by atoms with Gasteiger partial charge in [-0.05, 0) is 47.5 Å². The average Bonchev–Trinajstić information content (AvgIpc) is 2.82. The van der Waals surface area contributed by atoms with Gasteiger partial charge in [-0.1, -0.05) is 28.1 Å². The number of rotatable bonds is 2. The first-order valence-corrected chi connectivity index (χ1v) is 8.00. The molecule has 1 aromatic carbocycles. The summed E-state index contributed by atoms with van der Waals surface area (Å²) in [6.45, 7) is 3.50. The monoisotopic (exact) mass is 406 g/mol. The number of hydrogen-bond acceptors (Lipinski definition) is 2. The Morgan fingerprint density at radius 3 is 2.67 bits per heavy atom. The predicted molar refractivity (Wildman–Crippen MR) is 90.8 cm³/mol. The van der Waals surface area contributed by atoms with Gasteiger partial charge >= 0.3 is 0 Å². The molecule has 5 heteroatoms. The Balaban J connectivity index is 2.26. The molecular formula is C16H12Br2N2O. The summed E-state index contributed by atoms with van der Waals surface area (Å²) in [5.74, 6) is 0.0360. The number of imidazole rings is 1. The molecule has 0 atom stereocenters. The van der Waals surface area contributed by atoms with E-state index >= 15 is 0 Å². The van der Waals surface area contributed by atoms with Gasteiger partial charge in [0.2, 0.25) is 0 Å². The molecule has 0 amide bonds. The van der Waals surface area contributed by atoms with Crippen molar-refractivity contribution in [3.63, 3.8) is 0 Å². The number of halogens is 2. The van der Waals surface area contributed by atoms with Gasteiger partial charge in [-0.3, -0.25) is 4.79 Å². The number of benzene rings is 1. The molecule has 0 radical (unpaired) electrons. The van der Waals surface area contributed by atoms with Crippen molar-refractivity contribution in [2.45, 2.75) is 13.8 Å². The molecule has 3 nitrogen and oxygen atoms in total. The molecule has 0 aliphatic rings. The van der Waals surface area contributed by atoms with E-state index in [1.165, 1.54) is 0 Å². The van der Waals surface area contributed by atoms with Crippen LogP contribution in [-0.2, 0) is 0 Å². The summed E-state index contributed by atoms with van der Waals surface area (Å²) in [6.07, 6.45) is 3.91. The Morgan fingerprint density at radius 1 is 1.24 bits per heavy atom. The lowest BCUT2D eigenvalue weighted by molar-refractivity contribution is 0.101. The normalized spacial score (nSPS) is 11.0. The Hall–Kier alpha value is -1.46. The van der Waals surface area contributed by atoms with Crippen molar-refractivity contribution in [1.29, 1.82) is 0 Å². The zero-order valence-corrected chi connectivity index (χ0v) is 14.7. The lowest BCUT2D eigenvalue weighted by Gasteiger charge is -2.06. The Labute approximate surface area is 139 Å². The highest BCUT2D eigenvalue weighted by Gasteiger charge is 2.16. The fourth-order valence-corrected chi connectivity index (χ4v) is 3.72. The van der Waals surface area contributed by atoms with Gasteiger partial charge in [-0.2, -0.15) is 0 Å². The SMILES string of the molecule is CC(=O)c1c(C)cn2cc(-c3cccc(Br)c3)nc2c1Br. The minimum atomic E-state index is 0.0360. The van der Waals surface area contributed by atoms with E-state index in [4.69, 9.17) is 0 Å². The molecule has 106 valence electrons. The van der Waals surface area contributed by atoms with Crippen molar-refractivity contribution in [1.82, 2.24) is 9.38 Å². The molecule has 0 aliphatic heterocycles. The first-order valence-electron chi connectivity index (χ1n) is 6.42. The molecule has 0 aliphatic carbocycles. The van der Waals surface area contributed by atoms with E-state index in [1.54, 1.807) is 6.92 Å². The molecule has 2 aromatic heterocycles. The predicted octanol–water partition coefficient (Wildman–Crippen LogP) is 5.04. The van der Waals surface area contributed by atoms with Gasteiger partial charge < -0.3 is 4.40 Å². The van der Waals surface area contributed by atoms with Gasteiger partial charge in [0.05, 0.1) is 10.2 Å². The van der Waals surface area contributed by atoms with Crippen LogP contribution in [-0.4, -0.2) is 15.2 Å². The smallest absolute Gasteiger partial charge is 0.161 e. The average molecular weight is 408 g/mol. The van der Waals surface area contributed by atoms with Crippen molar-refractivity contribution in [2.24, 2.45) is 0 Å². The quantitative estimate of drug-likeness (QED) is 0.558. The van der Waals surface area contributed by atoms with Crippen LogP contribution in [0.2, 0.25) is 0 Å². The van der Waals surface area contributed by atoms with Gasteiger partial charge in [0.25, 0.3) is 0 Å². The zero-order chi connectivity index (χ0) is 15.1. The summed E-state index contributed by atoms with van der Waals surface area (Å²) in [6, 6.07) is 7.99. The summed E-state index contributed by atoms with van der Waals surface area (Å²) in [5, 5.41) is 0. The Bertz CT molecular complexity index is 868. The zero-order valence-electron chi connectivity index (χ0n) is 11.5. The fraction of sp³-hybridized carbons (Fsp3) is 0.125. The lowest BCUT2D eigenvalue weighted by Crippen LogP contribution is -2.01. The number of nitrogens with zero attached hydrogens (tertiary/aromatic N) is 2. The minimum absolute atomic E-state index is 0.0360. The standard InChI is InChI=1S/C16H12Br2N2O/c1-9-7-20-8-13(11-4-3-5-12(17)6-11)19-16(20)15(18)14(9)10(2)21/h3-8H,1-2H3. The van der Waals surface area contributed by atoms with Gasteiger partial charge in [0, 0.05) is 28.0 Å². The number of ketones is 1. The molecule has 0 fully saturated rings. The number of Topliss-reactive ketones (excluding diaryl/α,β-unsaturated/α-hetero) is 1. The first kappa shape index (κ1) is 14.5. The summed E-state index contributed by atoms with van der Waals surface area (Å²) in [5.41, 5.74) is 4.27. The number of fused-ring (bicyclic) bond motifs is 1. The van der Waals surface area contributed by atoms with Crippen LogP contribution in [0.25, 0.3) is 16.9 Å². The van der Waals surface area contributed by atoms with Crippen molar-refractivity contribution < 1.29 is 4.79 Å². The van der Waals surface area contributed by atoms with Crippen molar-refractivity contribution >= 4 is 43.3 Å². The number of pyridine rings is 1. The highest BCUT2D eigenvalue weighted by molar-refractivity contribution is 9.11. The van der Waals surface area contributed by atoms with Gasteiger partial charge in [-0.15, -0.1) is 0 Å². The molecule has 0 N–H and O–H groups in total. The van der Waals surface area contributed by atoms with E-state index in [9.17, 15) is 4.79 Å². The van der Waals surface area contributed by atoms with E-state index in [0.29, 0.717) is 5.56 Å². The molecule has 3 rings (SSSR count). The van der Waals surface area contributed by atoms with Crippen molar-refractivity contribution in [3.8, 4) is 11.3 Å². The largest absolute Gasteiger partial charge is 0.305 e. The minimum Gasteiger partial charge on any atom is -0.305 e. The van der Waals surface area contributed by atoms with Crippen LogP contribution in [0.1, 0.15) is 22.8 Å². The molecule has 21 heavy (non-hydrogen) atoms. The van der Waals surface area contributed by atoms with Gasteiger partial charge in [0.1, 0.15) is 0 Å². The maximum atomic E-state index is 11.8. The van der Waals surface area contributed by atoms with Gasteiger partial charge in [0.15, 0.2) is 11.4 Å². The van der Waals surface area contributed by atoms with Crippen LogP contribution < -0.4 is 0 Å². The Kier molecular flexibility index (Phi) is 3.71. The second-order valence-corrected chi connectivity index (χ2v) is 6.63. The number of aromatic nitrogens is 2. The molecule has 0 unspecified atom stereocenters. The third-order valence-electron chi connectivity index (χ3n) is 3.35. The molecule has 0 bridgehead atoms. The third kappa shape index (κ3) is 2.56. The third-order valence-corrected chi connectivity index (χ3v) is 4.59. The number of hydrogen-bond donors (Lipinski definition) is 0. The Morgan fingerprint density at radius 2 is 2.00 bits per heavy atom. The van der Waals surface area contributed by atoms with Crippen LogP contribution >= 0.6 is 31.9 Å². The van der Waals surface area contributed by atoms with E-state index in [0.717, 1.165) is 31.4 Å². The second-order valence-electron chi connectivity index (χ2n) is 4.92. The molecule has 0 saturated carbocycles. The molecular weight excluding hydrogens is 396 g/mol. The molecule has 2 heterocycles. The summed E-state index contributed by atoms with van der Waals surface area (Å²) < 4.78 is 3.70. The van der Waals surface area contributed by atoms with Crippen molar-refractivity contribution in [2.75, 3.05) is 0 Å². The summed E-state index contributed by atoms with van der Waals surface area (Å²) in [4.78, 5) is 16.4. The molecule has 0 spiro atoms. The van der Waals surface area contributed by atoms with Crippen LogP contribution in [0.3, 0.4) is 0 Å². The van der Waals surface area contributed by atoms with E-state index in [-0.39, 0.29) is 5.78 Å². The van der Waals surface area contributed by atoms with Crippen LogP contribution in [0.15, 0.2) is 45.6 Å². The van der Waals surface area contributed by atoms with Crippen LogP contribution in [0.5, 0.6) is 0 Å². The fourth-order valence-electron chi connectivity index (χ4n) is 2.43. The molecule has 0 saturated heterocycles. The van der Waals surface area contributed by atoms with E-state index in [2.05, 4.69) is 36.8 Å². The highest BCUT2D eigenvalue weighted by Crippen LogP contribution is 2.29. The molecule has 3 aromatic rings. The highest BCUT2D eigenvalue weighted by atomic mass is 79.9. The second kappa shape index (κ2) is 5.39. The maximum absolute atomic E-state index is 11.8. The van der Waals surface area contributed by atoms with Crippen molar-refractivity contribution in [3.05, 3.63) is 56.7 Å². The number of aryl methyl sites for hydroxylation is 1. The van der Waals surface area contributed by atoms with Crippen LogP contribution in [0, 0.1) is 6.92 Å². The number of carbonyl (C=O) groups excluding carboxylic acids is 1. The number of carbonyl (C=O) groups is 1. The summed E-state index contributed by atoms with van der Waals surface area (Å²) >= 11 is 6.99. The summed E-state index contributed by atoms with van der Waals surface area (Å²) in [7, 11) is 0. The van der Waals surface area contributed by atoms with E-state index in [1.807, 2.05) is 48.0 Å². The first-order chi connectivity index (χ1) is 9.97. The topological polar surface area (TPSA) is 34.4 Å². The lowest BCUT2D eigenvalue weighted by atomic mass is 10.1. The maximum Gasteiger partial charge on any atom is 0.161 e. The van der Waals surface area contributed by atoms with Gasteiger partial charge in [-0.25, -0.2) is 4.98 Å².